The number of rotatable bonds is 4. The zero-order chi connectivity index (χ0) is 18.9. The van der Waals surface area contributed by atoms with Crippen LogP contribution < -0.4 is 15.6 Å². The second kappa shape index (κ2) is 6.62. The van der Waals surface area contributed by atoms with Gasteiger partial charge in [-0.05, 0) is 37.3 Å². The fourth-order valence-corrected chi connectivity index (χ4v) is 2.56. The van der Waals surface area contributed by atoms with Gasteiger partial charge in [-0.2, -0.15) is 13.2 Å². The van der Waals surface area contributed by atoms with E-state index in [1.807, 2.05) is 0 Å². The number of fused-ring (bicyclic) bond motifs is 1. The third-order valence-electron chi connectivity index (χ3n) is 3.89. The lowest BCUT2D eigenvalue weighted by atomic mass is 10.1. The van der Waals surface area contributed by atoms with Crippen LogP contribution in [0.5, 0.6) is 5.75 Å². The molecule has 0 saturated heterocycles. The fraction of sp³-hybridized carbons (Fsp3) is 0.167. The highest BCUT2D eigenvalue weighted by Crippen LogP contribution is 2.34. The van der Waals surface area contributed by atoms with Crippen molar-refractivity contribution in [2.75, 3.05) is 12.5 Å². The number of carbonyl (C=O) groups is 1. The highest BCUT2D eigenvalue weighted by atomic mass is 19.4. The predicted octanol–water partition coefficient (Wildman–Crippen LogP) is 4.53. The van der Waals surface area contributed by atoms with Gasteiger partial charge in [0.15, 0.2) is 5.76 Å². The number of alkyl halides is 3. The predicted molar refractivity (Wildman–Crippen MR) is 90.0 cm³/mol. The molecule has 0 aliphatic heterocycles. The van der Waals surface area contributed by atoms with E-state index in [4.69, 9.17) is 9.15 Å². The minimum atomic E-state index is -4.54. The zero-order valence-corrected chi connectivity index (χ0v) is 13.9. The van der Waals surface area contributed by atoms with Gasteiger partial charge in [0.2, 0.25) is 0 Å². The summed E-state index contributed by atoms with van der Waals surface area (Å²) in [5.74, 6) is -0.0783. The number of hydrogen-bond donors (Lipinski definition) is 2. The summed E-state index contributed by atoms with van der Waals surface area (Å²) in [4.78, 5) is 12.3. The summed E-state index contributed by atoms with van der Waals surface area (Å²) in [6.07, 6.45) is -4.54. The van der Waals surface area contributed by atoms with Crippen LogP contribution in [0.4, 0.5) is 18.9 Å². The van der Waals surface area contributed by atoms with Crippen molar-refractivity contribution in [3.05, 3.63) is 59.4 Å². The summed E-state index contributed by atoms with van der Waals surface area (Å²) < 4.78 is 49.6. The first-order valence-electron chi connectivity index (χ1n) is 7.61. The monoisotopic (exact) mass is 364 g/mol. The van der Waals surface area contributed by atoms with E-state index in [-0.39, 0.29) is 11.4 Å². The second-order valence-electron chi connectivity index (χ2n) is 5.54. The van der Waals surface area contributed by atoms with Crippen molar-refractivity contribution in [3.8, 4) is 5.75 Å². The molecule has 0 aliphatic carbocycles. The van der Waals surface area contributed by atoms with Crippen molar-refractivity contribution < 1.29 is 27.1 Å². The quantitative estimate of drug-likeness (QED) is 0.668. The molecule has 2 aromatic carbocycles. The van der Waals surface area contributed by atoms with Crippen molar-refractivity contribution in [1.29, 1.82) is 0 Å². The van der Waals surface area contributed by atoms with Crippen LogP contribution in [0.2, 0.25) is 0 Å². The number of furan rings is 1. The SMILES string of the molecule is COc1ccc2oc(C(=O)NNc3ccccc3C(F)(F)F)c(C)c2c1. The van der Waals surface area contributed by atoms with Gasteiger partial charge in [-0.25, -0.2) is 0 Å². The zero-order valence-electron chi connectivity index (χ0n) is 13.9. The molecule has 26 heavy (non-hydrogen) atoms. The van der Waals surface area contributed by atoms with E-state index in [0.717, 1.165) is 6.07 Å². The molecule has 1 aromatic heterocycles. The Labute approximate surface area is 146 Å². The Balaban J connectivity index is 1.84. The Morgan fingerprint density at radius 2 is 1.88 bits per heavy atom. The minimum Gasteiger partial charge on any atom is -0.497 e. The van der Waals surface area contributed by atoms with E-state index in [9.17, 15) is 18.0 Å². The normalized spacial score (nSPS) is 11.4. The molecule has 0 fully saturated rings. The second-order valence-corrected chi connectivity index (χ2v) is 5.54. The summed E-state index contributed by atoms with van der Waals surface area (Å²) in [6, 6.07) is 9.91. The maximum Gasteiger partial charge on any atom is 0.418 e. The highest BCUT2D eigenvalue weighted by Gasteiger charge is 2.33. The summed E-state index contributed by atoms with van der Waals surface area (Å²) in [6.45, 7) is 1.68. The maximum atomic E-state index is 13.0. The maximum absolute atomic E-state index is 13.0. The molecule has 0 bridgehead atoms. The van der Waals surface area contributed by atoms with Gasteiger partial charge in [0.25, 0.3) is 0 Å². The van der Waals surface area contributed by atoms with E-state index >= 15 is 0 Å². The number of carbonyl (C=O) groups excluding carboxylic acids is 1. The van der Waals surface area contributed by atoms with E-state index in [1.54, 1.807) is 25.1 Å². The molecule has 0 atom stereocenters. The molecule has 0 unspecified atom stereocenters. The smallest absolute Gasteiger partial charge is 0.418 e. The summed E-state index contributed by atoms with van der Waals surface area (Å²) in [5, 5.41) is 0.685. The molecule has 0 spiro atoms. The molecule has 1 heterocycles. The first-order valence-corrected chi connectivity index (χ1v) is 7.61. The number of hydrogen-bond acceptors (Lipinski definition) is 4. The topological polar surface area (TPSA) is 63.5 Å². The highest BCUT2D eigenvalue weighted by molar-refractivity contribution is 5.99. The van der Waals surface area contributed by atoms with Crippen LogP contribution in [0.25, 0.3) is 11.0 Å². The molecule has 2 N–H and O–H groups in total. The third-order valence-corrected chi connectivity index (χ3v) is 3.89. The van der Waals surface area contributed by atoms with Crippen LogP contribution in [0.1, 0.15) is 21.7 Å². The molecular weight excluding hydrogens is 349 g/mol. The number of nitrogens with one attached hydrogen (secondary N) is 2. The van der Waals surface area contributed by atoms with Crippen LogP contribution in [-0.4, -0.2) is 13.0 Å². The van der Waals surface area contributed by atoms with Gasteiger partial charge < -0.3 is 9.15 Å². The Hall–Kier alpha value is -3.16. The first kappa shape index (κ1) is 17.7. The van der Waals surface area contributed by atoms with E-state index < -0.39 is 17.6 Å². The molecule has 136 valence electrons. The molecule has 3 rings (SSSR count). The van der Waals surface area contributed by atoms with Crippen LogP contribution in [0, 0.1) is 6.92 Å². The Bertz CT molecular complexity index is 964. The number of para-hydroxylation sites is 1. The lowest BCUT2D eigenvalue weighted by molar-refractivity contribution is -0.137. The fourth-order valence-electron chi connectivity index (χ4n) is 2.56. The van der Waals surface area contributed by atoms with Crippen LogP contribution in [0.15, 0.2) is 46.9 Å². The molecular formula is C18H15F3N2O3. The van der Waals surface area contributed by atoms with Crippen molar-refractivity contribution in [1.82, 2.24) is 5.43 Å². The number of ether oxygens (including phenoxy) is 1. The minimum absolute atomic E-state index is 0.00485. The van der Waals surface area contributed by atoms with Gasteiger partial charge in [-0.15, -0.1) is 0 Å². The van der Waals surface area contributed by atoms with E-state index in [2.05, 4.69) is 10.9 Å². The van der Waals surface area contributed by atoms with Crippen molar-refractivity contribution in [2.45, 2.75) is 13.1 Å². The van der Waals surface area contributed by atoms with Crippen LogP contribution in [-0.2, 0) is 6.18 Å². The average Bonchev–Trinajstić information content (AvgIpc) is 2.95. The summed E-state index contributed by atoms with van der Waals surface area (Å²) >= 11 is 0. The van der Waals surface area contributed by atoms with Crippen LogP contribution >= 0.6 is 0 Å². The van der Waals surface area contributed by atoms with Gasteiger partial charge in [0, 0.05) is 10.9 Å². The van der Waals surface area contributed by atoms with Gasteiger partial charge in [0.1, 0.15) is 11.3 Å². The Kier molecular flexibility index (Phi) is 4.50. The number of hydrazine groups is 1. The van der Waals surface area contributed by atoms with Crippen molar-refractivity contribution in [3.63, 3.8) is 0 Å². The standard InChI is InChI=1S/C18H15F3N2O3/c1-10-12-9-11(25-2)7-8-15(12)26-16(10)17(24)23-22-14-6-4-3-5-13(14)18(19,20)21/h3-9,22H,1-2H3,(H,23,24). The van der Waals surface area contributed by atoms with Crippen molar-refractivity contribution >= 4 is 22.6 Å². The molecule has 1 amide bonds. The van der Waals surface area contributed by atoms with E-state index in [1.165, 1.54) is 25.3 Å². The number of aryl methyl sites for hydroxylation is 1. The molecule has 3 aromatic rings. The van der Waals surface area contributed by atoms with Crippen LogP contribution in [0.3, 0.4) is 0 Å². The molecule has 0 radical (unpaired) electrons. The molecule has 5 nitrogen and oxygen atoms in total. The number of halogens is 3. The lowest BCUT2D eigenvalue weighted by Crippen LogP contribution is -2.30. The lowest BCUT2D eigenvalue weighted by Gasteiger charge is -2.14. The van der Waals surface area contributed by atoms with Gasteiger partial charge in [0.05, 0.1) is 18.4 Å². The number of methoxy groups -OCH3 is 1. The summed E-state index contributed by atoms with van der Waals surface area (Å²) in [7, 11) is 1.52. The number of anilines is 1. The van der Waals surface area contributed by atoms with Gasteiger partial charge in [-0.3, -0.25) is 15.6 Å². The van der Waals surface area contributed by atoms with Gasteiger partial charge in [-0.1, -0.05) is 12.1 Å². The van der Waals surface area contributed by atoms with E-state index in [0.29, 0.717) is 22.3 Å². The largest absolute Gasteiger partial charge is 0.497 e. The summed E-state index contributed by atoms with van der Waals surface area (Å²) in [5.41, 5.74) is 4.44. The van der Waals surface area contributed by atoms with Crippen molar-refractivity contribution in [2.24, 2.45) is 0 Å². The Morgan fingerprint density at radius 1 is 1.15 bits per heavy atom. The third kappa shape index (κ3) is 3.30. The Morgan fingerprint density at radius 3 is 2.58 bits per heavy atom. The number of amides is 1. The van der Waals surface area contributed by atoms with Gasteiger partial charge >= 0.3 is 12.1 Å². The first-order chi connectivity index (χ1) is 12.3. The average molecular weight is 364 g/mol. The number of benzene rings is 2. The molecule has 0 saturated carbocycles. The molecule has 8 heteroatoms. The molecule has 0 aliphatic rings.